The Kier molecular flexibility index (Phi) is 4.73. The Balaban J connectivity index is 2.58. The quantitative estimate of drug-likeness (QED) is 0.607. The molecular weight excluding hydrogens is 202 g/mol. The van der Waals surface area contributed by atoms with E-state index in [4.69, 9.17) is 10.5 Å². The molecule has 0 amide bonds. The van der Waals surface area contributed by atoms with Crippen LogP contribution in [0.5, 0.6) is 0 Å². The van der Waals surface area contributed by atoms with Gasteiger partial charge in [0.2, 0.25) is 0 Å². The van der Waals surface area contributed by atoms with Crippen LogP contribution in [-0.4, -0.2) is 12.1 Å². The van der Waals surface area contributed by atoms with Crippen molar-refractivity contribution in [2.24, 2.45) is 5.73 Å². The number of hydrogen-bond donors (Lipinski definition) is 1. The van der Waals surface area contributed by atoms with Crippen molar-refractivity contribution in [3.05, 3.63) is 48.0 Å². The normalized spacial score (nSPS) is 11.9. The van der Waals surface area contributed by atoms with E-state index >= 15 is 0 Å². The summed E-state index contributed by atoms with van der Waals surface area (Å²) in [4.78, 5) is 11.0. The average molecular weight is 219 g/mol. The summed E-state index contributed by atoms with van der Waals surface area (Å²) in [5, 5.41) is 0. The summed E-state index contributed by atoms with van der Waals surface area (Å²) in [6.45, 7) is 5.74. The topological polar surface area (TPSA) is 52.3 Å². The summed E-state index contributed by atoms with van der Waals surface area (Å²) in [6.07, 6.45) is 1.71. The molecule has 0 aliphatic carbocycles. The van der Waals surface area contributed by atoms with E-state index in [9.17, 15) is 4.79 Å². The van der Waals surface area contributed by atoms with Gasteiger partial charge in [-0.3, -0.25) is 0 Å². The molecule has 0 spiro atoms. The standard InChI is InChI=1S/C13H17NO2/c1-3-13(15)16-10(2)7-11-5-4-6-12(8-11)9-14/h3-6,8,10H,1,7,9,14H2,2H3. The number of nitrogens with two attached hydrogens (primary N) is 1. The van der Waals surface area contributed by atoms with Crippen LogP contribution in [-0.2, 0) is 22.5 Å². The number of carbonyl (C=O) groups excluding carboxylic acids is 1. The van der Waals surface area contributed by atoms with Gasteiger partial charge in [0.1, 0.15) is 6.10 Å². The molecule has 0 aromatic heterocycles. The Morgan fingerprint density at radius 1 is 1.56 bits per heavy atom. The highest BCUT2D eigenvalue weighted by Gasteiger charge is 2.07. The van der Waals surface area contributed by atoms with Crippen molar-refractivity contribution >= 4 is 5.97 Å². The van der Waals surface area contributed by atoms with Gasteiger partial charge in [0.25, 0.3) is 0 Å². The van der Waals surface area contributed by atoms with Crippen molar-refractivity contribution in [2.75, 3.05) is 0 Å². The highest BCUT2D eigenvalue weighted by Crippen LogP contribution is 2.09. The van der Waals surface area contributed by atoms with E-state index in [0.29, 0.717) is 13.0 Å². The van der Waals surface area contributed by atoms with Crippen molar-refractivity contribution in [3.8, 4) is 0 Å². The van der Waals surface area contributed by atoms with Crippen molar-refractivity contribution in [3.63, 3.8) is 0 Å². The number of benzene rings is 1. The Morgan fingerprint density at radius 2 is 2.25 bits per heavy atom. The third-order valence-corrected chi connectivity index (χ3v) is 2.23. The SMILES string of the molecule is C=CC(=O)OC(C)Cc1cccc(CN)c1. The first-order valence-electron chi connectivity index (χ1n) is 5.26. The minimum Gasteiger partial charge on any atom is -0.459 e. The van der Waals surface area contributed by atoms with Crippen LogP contribution in [0.3, 0.4) is 0 Å². The fraction of sp³-hybridized carbons (Fsp3) is 0.308. The Labute approximate surface area is 95.9 Å². The zero-order valence-electron chi connectivity index (χ0n) is 9.48. The van der Waals surface area contributed by atoms with E-state index in [-0.39, 0.29) is 12.1 Å². The van der Waals surface area contributed by atoms with E-state index < -0.39 is 0 Å². The molecule has 0 aliphatic heterocycles. The molecular formula is C13H17NO2. The average Bonchev–Trinajstić information content (AvgIpc) is 2.28. The van der Waals surface area contributed by atoms with Crippen molar-refractivity contribution < 1.29 is 9.53 Å². The molecule has 16 heavy (non-hydrogen) atoms. The molecule has 1 unspecified atom stereocenters. The summed E-state index contributed by atoms with van der Waals surface area (Å²) in [7, 11) is 0. The summed E-state index contributed by atoms with van der Waals surface area (Å²) >= 11 is 0. The summed E-state index contributed by atoms with van der Waals surface area (Å²) in [5.74, 6) is -0.387. The van der Waals surface area contributed by atoms with Crippen LogP contribution in [0.2, 0.25) is 0 Å². The predicted molar refractivity (Wildman–Crippen MR) is 63.8 cm³/mol. The summed E-state index contributed by atoms with van der Waals surface area (Å²) in [5.41, 5.74) is 7.75. The van der Waals surface area contributed by atoms with Gasteiger partial charge in [-0.1, -0.05) is 30.8 Å². The molecule has 0 radical (unpaired) electrons. The van der Waals surface area contributed by atoms with Gasteiger partial charge in [0.15, 0.2) is 0 Å². The monoisotopic (exact) mass is 219 g/mol. The smallest absolute Gasteiger partial charge is 0.330 e. The fourth-order valence-corrected chi connectivity index (χ4v) is 1.50. The Bertz CT molecular complexity index is 374. The first kappa shape index (κ1) is 12.5. The molecule has 1 aromatic carbocycles. The first-order valence-corrected chi connectivity index (χ1v) is 5.26. The predicted octanol–water partition coefficient (Wildman–Crippen LogP) is 1.81. The molecule has 86 valence electrons. The second-order valence-corrected chi connectivity index (χ2v) is 3.68. The van der Waals surface area contributed by atoms with Crippen LogP contribution >= 0.6 is 0 Å². The second-order valence-electron chi connectivity index (χ2n) is 3.68. The molecule has 2 N–H and O–H groups in total. The van der Waals surface area contributed by atoms with Crippen molar-refractivity contribution in [1.29, 1.82) is 0 Å². The minimum atomic E-state index is -0.387. The molecule has 1 atom stereocenters. The number of rotatable bonds is 5. The van der Waals surface area contributed by atoms with Crippen LogP contribution < -0.4 is 5.73 Å². The van der Waals surface area contributed by atoms with Crippen LogP contribution in [0.25, 0.3) is 0 Å². The molecule has 1 rings (SSSR count). The molecule has 0 heterocycles. The lowest BCUT2D eigenvalue weighted by Gasteiger charge is -2.12. The molecule has 0 aliphatic rings. The van der Waals surface area contributed by atoms with Crippen molar-refractivity contribution in [1.82, 2.24) is 0 Å². The summed E-state index contributed by atoms with van der Waals surface area (Å²) < 4.78 is 5.09. The van der Waals surface area contributed by atoms with E-state index in [1.165, 1.54) is 6.08 Å². The molecule has 0 saturated heterocycles. The highest BCUT2D eigenvalue weighted by atomic mass is 16.5. The zero-order chi connectivity index (χ0) is 12.0. The summed E-state index contributed by atoms with van der Waals surface area (Å²) in [6, 6.07) is 7.96. The van der Waals surface area contributed by atoms with Gasteiger partial charge in [-0.15, -0.1) is 0 Å². The van der Waals surface area contributed by atoms with Crippen LogP contribution in [0.4, 0.5) is 0 Å². The van der Waals surface area contributed by atoms with Gasteiger partial charge < -0.3 is 10.5 Å². The first-order chi connectivity index (χ1) is 7.65. The van der Waals surface area contributed by atoms with Gasteiger partial charge in [-0.25, -0.2) is 4.79 Å². The number of esters is 1. The van der Waals surface area contributed by atoms with Crippen LogP contribution in [0, 0.1) is 0 Å². The van der Waals surface area contributed by atoms with Crippen molar-refractivity contribution in [2.45, 2.75) is 26.0 Å². The Morgan fingerprint density at radius 3 is 2.88 bits per heavy atom. The van der Waals surface area contributed by atoms with Crippen LogP contribution in [0.15, 0.2) is 36.9 Å². The molecule has 0 bridgehead atoms. The maximum absolute atomic E-state index is 11.0. The molecule has 0 saturated carbocycles. The van der Waals surface area contributed by atoms with Gasteiger partial charge in [0, 0.05) is 19.0 Å². The van der Waals surface area contributed by atoms with Gasteiger partial charge in [0.05, 0.1) is 0 Å². The second kappa shape index (κ2) is 6.08. The fourth-order valence-electron chi connectivity index (χ4n) is 1.50. The number of ether oxygens (including phenoxy) is 1. The number of carbonyl (C=O) groups is 1. The maximum Gasteiger partial charge on any atom is 0.330 e. The Hall–Kier alpha value is -1.61. The van der Waals surface area contributed by atoms with Gasteiger partial charge >= 0.3 is 5.97 Å². The van der Waals surface area contributed by atoms with E-state index in [2.05, 4.69) is 6.58 Å². The minimum absolute atomic E-state index is 0.154. The molecule has 3 nitrogen and oxygen atoms in total. The molecule has 0 fully saturated rings. The lowest BCUT2D eigenvalue weighted by molar-refractivity contribution is -0.142. The maximum atomic E-state index is 11.0. The third kappa shape index (κ3) is 3.87. The zero-order valence-corrected chi connectivity index (χ0v) is 9.48. The molecule has 1 aromatic rings. The lowest BCUT2D eigenvalue weighted by Crippen LogP contribution is -2.15. The van der Waals surface area contributed by atoms with E-state index in [1.807, 2.05) is 31.2 Å². The van der Waals surface area contributed by atoms with Crippen LogP contribution in [0.1, 0.15) is 18.1 Å². The number of hydrogen-bond acceptors (Lipinski definition) is 3. The van der Waals surface area contributed by atoms with Gasteiger partial charge in [-0.2, -0.15) is 0 Å². The van der Waals surface area contributed by atoms with E-state index in [1.54, 1.807) is 0 Å². The van der Waals surface area contributed by atoms with E-state index in [0.717, 1.165) is 11.1 Å². The molecule has 3 heteroatoms. The lowest BCUT2D eigenvalue weighted by atomic mass is 10.1. The third-order valence-electron chi connectivity index (χ3n) is 2.23. The van der Waals surface area contributed by atoms with Gasteiger partial charge in [-0.05, 0) is 18.1 Å². The largest absolute Gasteiger partial charge is 0.459 e. The highest BCUT2D eigenvalue weighted by molar-refractivity contribution is 5.81.